The fraction of sp³-hybridized carbons (Fsp3) is 0.273. The van der Waals surface area contributed by atoms with Crippen molar-refractivity contribution in [3.63, 3.8) is 0 Å². The highest BCUT2D eigenvalue weighted by Crippen LogP contribution is 2.15. The Morgan fingerprint density at radius 2 is 1.85 bits per heavy atom. The molecule has 0 heterocycles. The lowest BCUT2D eigenvalue weighted by atomic mass is 10.1. The largest absolute Gasteiger partial charge is 0.399 e. The standard InChI is InChI=1S/C8H10N2.C3H8/c1-2-6-3-4-7(9)5-8(6)10;1-3-2/h2-5H,1,9-10H2;3H2,1-2H3. The van der Waals surface area contributed by atoms with Crippen LogP contribution in [0.4, 0.5) is 11.4 Å². The molecule has 0 atom stereocenters. The van der Waals surface area contributed by atoms with Crippen LogP contribution in [0.5, 0.6) is 0 Å². The van der Waals surface area contributed by atoms with E-state index in [0.717, 1.165) is 5.56 Å². The number of nitrogens with two attached hydrogens (primary N) is 2. The zero-order valence-corrected chi connectivity index (χ0v) is 8.38. The lowest BCUT2D eigenvalue weighted by Gasteiger charge is -1.99. The number of hydrogen-bond acceptors (Lipinski definition) is 2. The van der Waals surface area contributed by atoms with E-state index in [-0.39, 0.29) is 0 Å². The van der Waals surface area contributed by atoms with Crippen LogP contribution in [0.3, 0.4) is 0 Å². The molecule has 0 radical (unpaired) electrons. The van der Waals surface area contributed by atoms with E-state index < -0.39 is 0 Å². The van der Waals surface area contributed by atoms with Crippen molar-refractivity contribution in [2.45, 2.75) is 20.3 Å². The van der Waals surface area contributed by atoms with Gasteiger partial charge in [-0.05, 0) is 17.7 Å². The van der Waals surface area contributed by atoms with Gasteiger partial charge in [-0.3, -0.25) is 0 Å². The summed E-state index contributed by atoms with van der Waals surface area (Å²) in [6.07, 6.45) is 2.95. The quantitative estimate of drug-likeness (QED) is 0.650. The third-order valence-electron chi connectivity index (χ3n) is 1.33. The fourth-order valence-electron chi connectivity index (χ4n) is 0.779. The molecule has 1 rings (SSSR count). The minimum absolute atomic E-state index is 0.676. The molecule has 0 bridgehead atoms. The van der Waals surface area contributed by atoms with E-state index in [0.29, 0.717) is 11.4 Å². The monoisotopic (exact) mass is 178 g/mol. The van der Waals surface area contributed by atoms with Gasteiger partial charge in [-0.15, -0.1) is 0 Å². The van der Waals surface area contributed by atoms with Gasteiger partial charge in [-0.25, -0.2) is 0 Å². The van der Waals surface area contributed by atoms with E-state index >= 15 is 0 Å². The highest BCUT2D eigenvalue weighted by atomic mass is 14.6. The molecule has 1 aromatic carbocycles. The van der Waals surface area contributed by atoms with Crippen molar-refractivity contribution in [1.29, 1.82) is 0 Å². The molecule has 0 amide bonds. The van der Waals surface area contributed by atoms with Crippen LogP contribution >= 0.6 is 0 Å². The smallest absolute Gasteiger partial charge is 0.0408 e. The van der Waals surface area contributed by atoms with Crippen LogP contribution in [0.15, 0.2) is 24.8 Å². The lowest BCUT2D eigenvalue weighted by Crippen LogP contribution is -1.91. The van der Waals surface area contributed by atoms with Crippen molar-refractivity contribution < 1.29 is 0 Å². The van der Waals surface area contributed by atoms with Gasteiger partial charge in [0.1, 0.15) is 0 Å². The molecule has 1 aromatic rings. The van der Waals surface area contributed by atoms with Gasteiger partial charge >= 0.3 is 0 Å². The van der Waals surface area contributed by atoms with Crippen LogP contribution < -0.4 is 11.5 Å². The molecule has 0 aliphatic rings. The highest BCUT2D eigenvalue weighted by Gasteiger charge is 1.92. The Morgan fingerprint density at radius 1 is 1.31 bits per heavy atom. The SMILES string of the molecule is C=Cc1ccc(N)cc1N.CCC. The van der Waals surface area contributed by atoms with Gasteiger partial charge in [-0.1, -0.05) is 39.0 Å². The molecule has 4 N–H and O–H groups in total. The van der Waals surface area contributed by atoms with Gasteiger partial charge in [0.25, 0.3) is 0 Å². The average molecular weight is 178 g/mol. The summed E-state index contributed by atoms with van der Waals surface area (Å²) in [6, 6.07) is 5.36. The predicted molar refractivity (Wildman–Crippen MR) is 61.3 cm³/mol. The molecule has 0 aliphatic carbocycles. The molecule has 13 heavy (non-hydrogen) atoms. The van der Waals surface area contributed by atoms with Crippen molar-refractivity contribution >= 4 is 17.5 Å². The molecule has 2 nitrogen and oxygen atoms in total. The summed E-state index contributed by atoms with van der Waals surface area (Å²) in [7, 11) is 0. The maximum absolute atomic E-state index is 5.58. The summed E-state index contributed by atoms with van der Waals surface area (Å²) in [6.45, 7) is 7.85. The zero-order valence-electron chi connectivity index (χ0n) is 8.38. The van der Waals surface area contributed by atoms with Crippen LogP contribution in [-0.2, 0) is 0 Å². The van der Waals surface area contributed by atoms with E-state index in [1.165, 1.54) is 6.42 Å². The average Bonchev–Trinajstić information content (AvgIpc) is 2.06. The maximum atomic E-state index is 5.58. The van der Waals surface area contributed by atoms with Crippen molar-refractivity contribution in [1.82, 2.24) is 0 Å². The molecule has 0 aliphatic heterocycles. The second kappa shape index (κ2) is 6.12. The molecular weight excluding hydrogens is 160 g/mol. The zero-order chi connectivity index (χ0) is 10.3. The molecule has 2 heteroatoms. The molecule has 0 fully saturated rings. The first-order valence-corrected chi connectivity index (χ1v) is 4.43. The molecule has 72 valence electrons. The Kier molecular flexibility index (Phi) is 5.44. The van der Waals surface area contributed by atoms with E-state index in [1.807, 2.05) is 6.07 Å². The molecule has 0 spiro atoms. The van der Waals surface area contributed by atoms with Gasteiger partial charge < -0.3 is 11.5 Å². The lowest BCUT2D eigenvalue weighted by molar-refractivity contribution is 1.09. The number of hydrogen-bond donors (Lipinski definition) is 2. The minimum atomic E-state index is 0.676. The van der Waals surface area contributed by atoms with Gasteiger partial charge in [0.2, 0.25) is 0 Å². The highest BCUT2D eigenvalue weighted by molar-refractivity contribution is 5.67. The van der Waals surface area contributed by atoms with E-state index in [2.05, 4.69) is 20.4 Å². The predicted octanol–water partition coefficient (Wildman–Crippen LogP) is 2.91. The summed E-state index contributed by atoms with van der Waals surface area (Å²) >= 11 is 0. The first-order valence-electron chi connectivity index (χ1n) is 4.43. The summed E-state index contributed by atoms with van der Waals surface area (Å²) in [5.41, 5.74) is 13.3. The molecule has 0 saturated heterocycles. The first kappa shape index (κ1) is 11.6. The molecule has 0 aromatic heterocycles. The minimum Gasteiger partial charge on any atom is -0.399 e. The Morgan fingerprint density at radius 3 is 2.23 bits per heavy atom. The summed E-state index contributed by atoms with van der Waals surface area (Å²) < 4.78 is 0. The van der Waals surface area contributed by atoms with Gasteiger partial charge in [0.15, 0.2) is 0 Å². The molecule has 0 unspecified atom stereocenters. The van der Waals surface area contributed by atoms with Crippen molar-refractivity contribution in [3.8, 4) is 0 Å². The third-order valence-corrected chi connectivity index (χ3v) is 1.33. The van der Waals surface area contributed by atoms with E-state index in [9.17, 15) is 0 Å². The summed E-state index contributed by atoms with van der Waals surface area (Å²) in [5, 5.41) is 0. The number of benzene rings is 1. The Hall–Kier alpha value is -1.44. The van der Waals surface area contributed by atoms with Crippen LogP contribution in [0.25, 0.3) is 6.08 Å². The van der Waals surface area contributed by atoms with Crippen molar-refractivity contribution in [2.75, 3.05) is 11.5 Å². The van der Waals surface area contributed by atoms with Crippen LogP contribution in [-0.4, -0.2) is 0 Å². The normalized spacial score (nSPS) is 8.46. The summed E-state index contributed by atoms with van der Waals surface area (Å²) in [4.78, 5) is 0. The topological polar surface area (TPSA) is 52.0 Å². The number of rotatable bonds is 1. The second-order valence-electron chi connectivity index (χ2n) is 2.80. The molecule has 0 saturated carbocycles. The Labute approximate surface area is 80.3 Å². The summed E-state index contributed by atoms with van der Waals surface area (Å²) in [5.74, 6) is 0. The van der Waals surface area contributed by atoms with Gasteiger partial charge in [0, 0.05) is 11.4 Å². The van der Waals surface area contributed by atoms with Gasteiger partial charge in [-0.2, -0.15) is 0 Å². The second-order valence-corrected chi connectivity index (χ2v) is 2.80. The third kappa shape index (κ3) is 4.21. The van der Waals surface area contributed by atoms with Crippen molar-refractivity contribution in [2.24, 2.45) is 0 Å². The van der Waals surface area contributed by atoms with Gasteiger partial charge in [0.05, 0.1) is 0 Å². The first-order chi connectivity index (χ1) is 6.15. The van der Waals surface area contributed by atoms with Crippen molar-refractivity contribution in [3.05, 3.63) is 30.3 Å². The number of anilines is 2. The maximum Gasteiger partial charge on any atom is 0.0408 e. The Bertz CT molecular complexity index is 267. The Balaban J connectivity index is 0.000000424. The van der Waals surface area contributed by atoms with Crippen LogP contribution in [0.1, 0.15) is 25.8 Å². The number of nitrogen functional groups attached to an aromatic ring is 2. The van der Waals surface area contributed by atoms with E-state index in [1.54, 1.807) is 18.2 Å². The van der Waals surface area contributed by atoms with Crippen LogP contribution in [0, 0.1) is 0 Å². The molecular formula is C11H18N2. The van der Waals surface area contributed by atoms with E-state index in [4.69, 9.17) is 11.5 Å². The fourth-order valence-corrected chi connectivity index (χ4v) is 0.779. The van der Waals surface area contributed by atoms with Crippen LogP contribution in [0.2, 0.25) is 0 Å².